The minimum atomic E-state index is -0.442. The lowest BCUT2D eigenvalue weighted by molar-refractivity contribution is -0.126. The third-order valence-corrected chi connectivity index (χ3v) is 5.56. The Bertz CT molecular complexity index is 716. The van der Waals surface area contributed by atoms with Crippen molar-refractivity contribution in [2.75, 3.05) is 18.1 Å². The summed E-state index contributed by atoms with van der Waals surface area (Å²) in [5, 5.41) is 0.783. The fourth-order valence-electron chi connectivity index (χ4n) is 2.93. The van der Waals surface area contributed by atoms with Gasteiger partial charge in [-0.25, -0.2) is 4.98 Å². The monoisotopic (exact) mass is 346 g/mol. The summed E-state index contributed by atoms with van der Waals surface area (Å²) in [6.07, 6.45) is 2.20. The molecule has 0 saturated carbocycles. The van der Waals surface area contributed by atoms with Crippen molar-refractivity contribution in [3.05, 3.63) is 23.3 Å². The van der Waals surface area contributed by atoms with Crippen molar-refractivity contribution in [3.8, 4) is 0 Å². The van der Waals surface area contributed by atoms with Gasteiger partial charge in [-0.2, -0.15) is 0 Å². The van der Waals surface area contributed by atoms with Crippen molar-refractivity contribution in [2.45, 2.75) is 53.6 Å². The van der Waals surface area contributed by atoms with Crippen LogP contribution in [0.4, 0.5) is 5.13 Å². The van der Waals surface area contributed by atoms with Crippen molar-refractivity contribution in [1.82, 2.24) is 4.98 Å². The summed E-state index contributed by atoms with van der Waals surface area (Å²) in [7, 11) is 0. The predicted octanol–water partition coefficient (Wildman–Crippen LogP) is 4.47. The number of thiazole rings is 1. The van der Waals surface area contributed by atoms with E-state index in [4.69, 9.17) is 9.72 Å². The van der Waals surface area contributed by atoms with E-state index in [1.54, 1.807) is 11.3 Å². The highest BCUT2D eigenvalue weighted by molar-refractivity contribution is 7.22. The Morgan fingerprint density at radius 1 is 1.33 bits per heavy atom. The summed E-state index contributed by atoms with van der Waals surface area (Å²) < 4.78 is 6.89. The quantitative estimate of drug-likeness (QED) is 0.823. The van der Waals surface area contributed by atoms with Gasteiger partial charge in [0.25, 0.3) is 0 Å². The molecule has 1 aliphatic heterocycles. The Kier molecular flexibility index (Phi) is 4.67. The molecule has 1 atom stereocenters. The lowest BCUT2D eigenvalue weighted by Gasteiger charge is -2.29. The fourth-order valence-corrected chi connectivity index (χ4v) is 3.98. The smallest absolute Gasteiger partial charge is 0.234 e. The Morgan fingerprint density at radius 2 is 2.04 bits per heavy atom. The third kappa shape index (κ3) is 3.47. The van der Waals surface area contributed by atoms with Crippen LogP contribution in [0.5, 0.6) is 0 Å². The summed E-state index contributed by atoms with van der Waals surface area (Å²) in [6.45, 7) is 11.5. The summed E-state index contributed by atoms with van der Waals surface area (Å²) >= 11 is 1.59. The van der Waals surface area contributed by atoms with Crippen LogP contribution < -0.4 is 4.90 Å². The maximum Gasteiger partial charge on any atom is 0.234 e. The molecule has 0 bridgehead atoms. The number of nitrogens with zero attached hydrogens (tertiary/aromatic N) is 2. The van der Waals surface area contributed by atoms with Crippen LogP contribution in [0, 0.1) is 19.3 Å². The minimum Gasteiger partial charge on any atom is -0.376 e. The number of aromatic nitrogens is 1. The first-order valence-electron chi connectivity index (χ1n) is 8.57. The highest BCUT2D eigenvalue weighted by Gasteiger charge is 2.32. The van der Waals surface area contributed by atoms with Crippen molar-refractivity contribution in [3.63, 3.8) is 0 Å². The van der Waals surface area contributed by atoms with E-state index in [0.29, 0.717) is 6.54 Å². The van der Waals surface area contributed by atoms with Crippen LogP contribution in [0.2, 0.25) is 0 Å². The number of amides is 1. The van der Waals surface area contributed by atoms with E-state index in [0.717, 1.165) is 34.8 Å². The molecule has 1 amide bonds. The van der Waals surface area contributed by atoms with Gasteiger partial charge in [-0.3, -0.25) is 9.69 Å². The Hall–Kier alpha value is -1.46. The predicted molar refractivity (Wildman–Crippen MR) is 99.9 cm³/mol. The fraction of sp³-hybridized carbons (Fsp3) is 0.579. The number of ether oxygens (including phenoxy) is 1. The van der Waals surface area contributed by atoms with Gasteiger partial charge in [-0.05, 0) is 49.9 Å². The highest BCUT2D eigenvalue weighted by Crippen LogP contribution is 2.33. The second-order valence-electron chi connectivity index (χ2n) is 7.70. The summed E-state index contributed by atoms with van der Waals surface area (Å²) in [5.41, 5.74) is 3.01. The van der Waals surface area contributed by atoms with Gasteiger partial charge in [-0.1, -0.05) is 32.1 Å². The van der Waals surface area contributed by atoms with E-state index in [-0.39, 0.29) is 12.0 Å². The zero-order valence-electron chi connectivity index (χ0n) is 15.2. The topological polar surface area (TPSA) is 42.4 Å². The molecule has 130 valence electrons. The summed E-state index contributed by atoms with van der Waals surface area (Å²) in [5.74, 6) is 0.102. The molecule has 1 aromatic carbocycles. The Balaban J connectivity index is 1.98. The van der Waals surface area contributed by atoms with Crippen LogP contribution >= 0.6 is 11.3 Å². The average Bonchev–Trinajstić information content (AvgIpc) is 3.13. The number of anilines is 1. The van der Waals surface area contributed by atoms with E-state index >= 15 is 0 Å². The van der Waals surface area contributed by atoms with Crippen molar-refractivity contribution >= 4 is 32.6 Å². The van der Waals surface area contributed by atoms with Crippen molar-refractivity contribution in [2.24, 2.45) is 5.41 Å². The van der Waals surface area contributed by atoms with Crippen LogP contribution in [-0.2, 0) is 9.53 Å². The zero-order chi connectivity index (χ0) is 17.5. The van der Waals surface area contributed by atoms with E-state index in [2.05, 4.69) is 26.0 Å². The summed E-state index contributed by atoms with van der Waals surface area (Å²) in [6, 6.07) is 4.27. The molecule has 24 heavy (non-hydrogen) atoms. The Morgan fingerprint density at radius 3 is 2.67 bits per heavy atom. The molecule has 1 fully saturated rings. The molecule has 4 nitrogen and oxygen atoms in total. The largest absolute Gasteiger partial charge is 0.376 e. The second-order valence-corrected chi connectivity index (χ2v) is 8.71. The first kappa shape index (κ1) is 17.4. The molecule has 1 aliphatic rings. The van der Waals surface area contributed by atoms with Crippen LogP contribution in [-0.4, -0.2) is 30.1 Å². The molecule has 2 aromatic rings. The van der Waals surface area contributed by atoms with E-state index in [1.165, 1.54) is 11.1 Å². The standard InChI is InChI=1S/C19H26N2O2S/c1-12-9-15-16(10-13(12)2)24-18(20-15)21(17(22)19(3,4)5)11-14-7-6-8-23-14/h9-10,14H,6-8,11H2,1-5H3. The van der Waals surface area contributed by atoms with E-state index in [9.17, 15) is 4.79 Å². The number of carbonyl (C=O) groups excluding carboxylic acids is 1. The van der Waals surface area contributed by atoms with Gasteiger partial charge in [0.05, 0.1) is 22.9 Å². The number of aryl methyl sites for hydroxylation is 2. The first-order chi connectivity index (χ1) is 11.3. The van der Waals surface area contributed by atoms with Gasteiger partial charge in [0.15, 0.2) is 5.13 Å². The van der Waals surface area contributed by atoms with Crippen LogP contribution in [0.1, 0.15) is 44.7 Å². The van der Waals surface area contributed by atoms with Gasteiger partial charge < -0.3 is 4.74 Å². The first-order valence-corrected chi connectivity index (χ1v) is 9.39. The molecule has 1 aromatic heterocycles. The second kappa shape index (κ2) is 6.45. The molecule has 5 heteroatoms. The van der Waals surface area contributed by atoms with Gasteiger partial charge in [0.1, 0.15) is 0 Å². The van der Waals surface area contributed by atoms with Crippen LogP contribution in [0.3, 0.4) is 0 Å². The third-order valence-electron chi connectivity index (χ3n) is 4.52. The molecule has 3 rings (SSSR count). The van der Waals surface area contributed by atoms with Crippen molar-refractivity contribution in [1.29, 1.82) is 0 Å². The zero-order valence-corrected chi connectivity index (χ0v) is 16.0. The normalized spacial score (nSPS) is 18.3. The molecule has 0 spiro atoms. The van der Waals surface area contributed by atoms with Crippen LogP contribution in [0.25, 0.3) is 10.2 Å². The number of hydrogen-bond acceptors (Lipinski definition) is 4. The number of rotatable bonds is 3. The molecular formula is C19H26N2O2S. The lowest BCUT2D eigenvalue weighted by atomic mass is 9.94. The minimum absolute atomic E-state index is 0.102. The maximum absolute atomic E-state index is 13.0. The molecule has 0 N–H and O–H groups in total. The molecule has 0 radical (unpaired) electrons. The molecule has 0 aliphatic carbocycles. The lowest BCUT2D eigenvalue weighted by Crippen LogP contribution is -2.43. The number of benzene rings is 1. The van der Waals surface area contributed by atoms with Gasteiger partial charge in [-0.15, -0.1) is 0 Å². The van der Waals surface area contributed by atoms with Crippen molar-refractivity contribution < 1.29 is 9.53 Å². The van der Waals surface area contributed by atoms with Gasteiger partial charge in [0, 0.05) is 12.0 Å². The summed E-state index contributed by atoms with van der Waals surface area (Å²) in [4.78, 5) is 19.6. The Labute approximate surface area is 147 Å². The highest BCUT2D eigenvalue weighted by atomic mass is 32.1. The molecule has 2 heterocycles. The number of carbonyl (C=O) groups is 1. The average molecular weight is 346 g/mol. The maximum atomic E-state index is 13.0. The molecule has 1 saturated heterocycles. The SMILES string of the molecule is Cc1cc2nc(N(CC3CCCO3)C(=O)C(C)(C)C)sc2cc1C. The van der Waals surface area contributed by atoms with Gasteiger partial charge >= 0.3 is 0 Å². The molecule has 1 unspecified atom stereocenters. The van der Waals surface area contributed by atoms with Crippen LogP contribution in [0.15, 0.2) is 12.1 Å². The number of fused-ring (bicyclic) bond motifs is 1. The van der Waals surface area contributed by atoms with E-state index < -0.39 is 5.41 Å². The number of hydrogen-bond donors (Lipinski definition) is 0. The molecular weight excluding hydrogens is 320 g/mol. The van der Waals surface area contributed by atoms with Gasteiger partial charge in [0.2, 0.25) is 5.91 Å². The van der Waals surface area contributed by atoms with E-state index in [1.807, 2.05) is 25.7 Å².